The Labute approximate surface area is 152 Å². The molecule has 0 atom stereocenters. The van der Waals surface area contributed by atoms with Gasteiger partial charge in [-0.3, -0.25) is 9.59 Å². The van der Waals surface area contributed by atoms with Gasteiger partial charge in [-0.05, 0) is 44.0 Å². The predicted molar refractivity (Wildman–Crippen MR) is 95.1 cm³/mol. The van der Waals surface area contributed by atoms with Crippen LogP contribution < -0.4 is 15.4 Å². The van der Waals surface area contributed by atoms with E-state index in [1.165, 1.54) is 0 Å². The summed E-state index contributed by atoms with van der Waals surface area (Å²) in [6.07, 6.45) is 1.01. The highest BCUT2D eigenvalue weighted by Gasteiger charge is 2.24. The molecule has 0 aliphatic carbocycles. The van der Waals surface area contributed by atoms with Gasteiger partial charge in [0.25, 0.3) is 5.91 Å². The maximum atomic E-state index is 12.0. The number of likely N-dealkylation sites (tertiary alicyclic amines) is 1. The fourth-order valence-electron chi connectivity index (χ4n) is 2.70. The molecule has 142 valence electrons. The van der Waals surface area contributed by atoms with Crippen LogP contribution >= 0.6 is 0 Å². The molecule has 0 spiro atoms. The average molecular weight is 363 g/mol. The SMILES string of the molecule is CCOC(=O)N1CCC(NC(=O)CNC(=O)c2ccc(OC)cc2)CC1. The number of carbonyl (C=O) groups is 3. The van der Waals surface area contributed by atoms with Gasteiger partial charge in [0.05, 0.1) is 20.3 Å². The number of carbonyl (C=O) groups excluding carboxylic acids is 3. The van der Waals surface area contributed by atoms with Gasteiger partial charge < -0.3 is 25.0 Å². The molecule has 0 radical (unpaired) electrons. The van der Waals surface area contributed by atoms with Crippen LogP contribution in [0.1, 0.15) is 30.1 Å². The Balaban J connectivity index is 1.70. The molecule has 3 amide bonds. The molecule has 0 unspecified atom stereocenters. The van der Waals surface area contributed by atoms with E-state index < -0.39 is 0 Å². The predicted octanol–water partition coefficient (Wildman–Crippen LogP) is 1.16. The van der Waals surface area contributed by atoms with Crippen molar-refractivity contribution in [3.8, 4) is 5.75 Å². The molecule has 1 aromatic rings. The first kappa shape index (κ1) is 19.6. The minimum Gasteiger partial charge on any atom is -0.497 e. The molecule has 1 saturated heterocycles. The van der Waals surface area contributed by atoms with Crippen molar-refractivity contribution in [2.75, 3.05) is 33.4 Å². The molecule has 26 heavy (non-hydrogen) atoms. The first-order chi connectivity index (χ1) is 12.5. The van der Waals surface area contributed by atoms with Gasteiger partial charge in [0.2, 0.25) is 5.91 Å². The fourth-order valence-corrected chi connectivity index (χ4v) is 2.70. The third kappa shape index (κ3) is 5.65. The lowest BCUT2D eigenvalue weighted by atomic mass is 10.1. The molecule has 2 N–H and O–H groups in total. The van der Waals surface area contributed by atoms with Gasteiger partial charge in [-0.25, -0.2) is 4.79 Å². The Morgan fingerprint density at radius 1 is 1.15 bits per heavy atom. The van der Waals surface area contributed by atoms with Gasteiger partial charge in [0.1, 0.15) is 5.75 Å². The smallest absolute Gasteiger partial charge is 0.409 e. The average Bonchev–Trinajstić information content (AvgIpc) is 2.67. The van der Waals surface area contributed by atoms with Gasteiger partial charge in [-0.2, -0.15) is 0 Å². The highest BCUT2D eigenvalue weighted by molar-refractivity contribution is 5.96. The highest BCUT2D eigenvalue weighted by Crippen LogP contribution is 2.12. The second-order valence-corrected chi connectivity index (χ2v) is 5.94. The fraction of sp³-hybridized carbons (Fsp3) is 0.500. The summed E-state index contributed by atoms with van der Waals surface area (Å²) in [6.45, 7) is 3.11. The summed E-state index contributed by atoms with van der Waals surface area (Å²) >= 11 is 0. The quantitative estimate of drug-likeness (QED) is 0.791. The molecular weight excluding hydrogens is 338 g/mol. The largest absolute Gasteiger partial charge is 0.497 e. The van der Waals surface area contributed by atoms with Crippen molar-refractivity contribution < 1.29 is 23.9 Å². The third-order valence-corrected chi connectivity index (χ3v) is 4.15. The van der Waals surface area contributed by atoms with Gasteiger partial charge >= 0.3 is 6.09 Å². The molecule has 0 bridgehead atoms. The molecule has 8 heteroatoms. The number of ether oxygens (including phenoxy) is 2. The summed E-state index contributed by atoms with van der Waals surface area (Å²) in [7, 11) is 1.55. The number of amides is 3. The summed E-state index contributed by atoms with van der Waals surface area (Å²) in [5, 5.41) is 5.48. The van der Waals surface area contributed by atoms with E-state index in [-0.39, 0.29) is 30.5 Å². The zero-order valence-corrected chi connectivity index (χ0v) is 15.1. The van der Waals surface area contributed by atoms with E-state index in [1.54, 1.807) is 43.2 Å². The Bertz CT molecular complexity index is 624. The minimum atomic E-state index is -0.320. The molecule has 1 heterocycles. The molecular formula is C18H25N3O5. The van der Waals surface area contributed by atoms with Crippen LogP contribution in [0.25, 0.3) is 0 Å². The van der Waals surface area contributed by atoms with Crippen LogP contribution in [0.3, 0.4) is 0 Å². The number of methoxy groups -OCH3 is 1. The molecule has 1 fully saturated rings. The number of hydrogen-bond donors (Lipinski definition) is 2. The van der Waals surface area contributed by atoms with E-state index >= 15 is 0 Å². The molecule has 8 nitrogen and oxygen atoms in total. The van der Waals surface area contributed by atoms with Crippen molar-refractivity contribution in [2.24, 2.45) is 0 Å². The molecule has 0 saturated carbocycles. The zero-order chi connectivity index (χ0) is 18.9. The van der Waals surface area contributed by atoms with Crippen LogP contribution in [0.2, 0.25) is 0 Å². The molecule has 1 aromatic carbocycles. The monoisotopic (exact) mass is 363 g/mol. The number of rotatable bonds is 6. The van der Waals surface area contributed by atoms with Gasteiger partial charge in [0, 0.05) is 24.7 Å². The molecule has 1 aliphatic heterocycles. The van der Waals surface area contributed by atoms with E-state index in [2.05, 4.69) is 10.6 Å². The van der Waals surface area contributed by atoms with Crippen molar-refractivity contribution >= 4 is 17.9 Å². The van der Waals surface area contributed by atoms with E-state index in [0.717, 1.165) is 0 Å². The number of benzene rings is 1. The Kier molecular flexibility index (Phi) is 7.25. The third-order valence-electron chi connectivity index (χ3n) is 4.15. The second-order valence-electron chi connectivity index (χ2n) is 5.94. The van der Waals surface area contributed by atoms with Crippen molar-refractivity contribution in [1.29, 1.82) is 0 Å². The van der Waals surface area contributed by atoms with Crippen molar-refractivity contribution in [2.45, 2.75) is 25.8 Å². The first-order valence-electron chi connectivity index (χ1n) is 8.66. The van der Waals surface area contributed by atoms with E-state index in [9.17, 15) is 14.4 Å². The Morgan fingerprint density at radius 2 is 1.81 bits per heavy atom. The van der Waals surface area contributed by atoms with Crippen molar-refractivity contribution in [3.05, 3.63) is 29.8 Å². The lowest BCUT2D eigenvalue weighted by Crippen LogP contribution is -2.48. The standard InChI is InChI=1S/C18H25N3O5/c1-3-26-18(24)21-10-8-14(9-11-21)20-16(22)12-19-17(23)13-4-6-15(25-2)7-5-13/h4-7,14H,3,8-12H2,1-2H3,(H,19,23)(H,20,22). The summed E-state index contributed by atoms with van der Waals surface area (Å²) in [4.78, 5) is 37.3. The topological polar surface area (TPSA) is 97.0 Å². The van der Waals surface area contributed by atoms with Crippen LogP contribution in [-0.2, 0) is 9.53 Å². The van der Waals surface area contributed by atoms with E-state index in [0.29, 0.717) is 43.9 Å². The lowest BCUT2D eigenvalue weighted by Gasteiger charge is -2.31. The maximum absolute atomic E-state index is 12.0. The number of piperidine rings is 1. The molecule has 1 aliphatic rings. The number of hydrogen-bond acceptors (Lipinski definition) is 5. The normalized spacial score (nSPS) is 14.5. The van der Waals surface area contributed by atoms with Crippen molar-refractivity contribution in [3.63, 3.8) is 0 Å². The van der Waals surface area contributed by atoms with Crippen LogP contribution in [-0.4, -0.2) is 62.2 Å². The summed E-state index contributed by atoms with van der Waals surface area (Å²) in [5.74, 6) is 0.0924. The van der Waals surface area contributed by atoms with Crippen LogP contribution in [0.4, 0.5) is 4.79 Å². The Morgan fingerprint density at radius 3 is 2.38 bits per heavy atom. The van der Waals surface area contributed by atoms with Gasteiger partial charge in [-0.15, -0.1) is 0 Å². The highest BCUT2D eigenvalue weighted by atomic mass is 16.6. The van der Waals surface area contributed by atoms with Crippen molar-refractivity contribution in [1.82, 2.24) is 15.5 Å². The number of nitrogens with one attached hydrogen (secondary N) is 2. The summed E-state index contributed by atoms with van der Waals surface area (Å²) < 4.78 is 10.0. The van der Waals surface area contributed by atoms with Crippen LogP contribution in [0, 0.1) is 0 Å². The first-order valence-corrected chi connectivity index (χ1v) is 8.66. The van der Waals surface area contributed by atoms with Gasteiger partial charge in [-0.1, -0.05) is 0 Å². The minimum absolute atomic E-state index is 0.00827. The lowest BCUT2D eigenvalue weighted by molar-refractivity contribution is -0.121. The second kappa shape index (κ2) is 9.65. The van der Waals surface area contributed by atoms with Crippen LogP contribution in [0.15, 0.2) is 24.3 Å². The summed E-state index contributed by atoms with van der Waals surface area (Å²) in [5.41, 5.74) is 0.460. The zero-order valence-electron chi connectivity index (χ0n) is 15.1. The maximum Gasteiger partial charge on any atom is 0.409 e. The van der Waals surface area contributed by atoms with E-state index in [4.69, 9.17) is 9.47 Å². The Hall–Kier alpha value is -2.77. The van der Waals surface area contributed by atoms with Gasteiger partial charge in [0.15, 0.2) is 0 Å². The van der Waals surface area contributed by atoms with E-state index in [1.807, 2.05) is 0 Å². The summed E-state index contributed by atoms with van der Waals surface area (Å²) in [6, 6.07) is 6.64. The number of nitrogens with zero attached hydrogens (tertiary/aromatic N) is 1. The van der Waals surface area contributed by atoms with Crippen LogP contribution in [0.5, 0.6) is 5.75 Å². The molecule has 0 aromatic heterocycles. The molecule has 2 rings (SSSR count).